The summed E-state index contributed by atoms with van der Waals surface area (Å²) in [5.74, 6) is 0. The zero-order chi connectivity index (χ0) is 14.2. The summed E-state index contributed by atoms with van der Waals surface area (Å²) in [4.78, 5) is 4.14. The minimum absolute atomic E-state index is 0.159. The number of benzene rings is 1. The summed E-state index contributed by atoms with van der Waals surface area (Å²) < 4.78 is 5.44. The maximum absolute atomic E-state index is 10.5. The Morgan fingerprint density at radius 2 is 2.30 bits per heavy atom. The molecule has 20 heavy (non-hydrogen) atoms. The van der Waals surface area contributed by atoms with E-state index in [4.69, 9.17) is 10.5 Å². The van der Waals surface area contributed by atoms with Gasteiger partial charge in [0.2, 0.25) is 0 Å². The van der Waals surface area contributed by atoms with Crippen LogP contribution in [0.3, 0.4) is 0 Å². The lowest BCUT2D eigenvalue weighted by molar-refractivity contribution is -0.0175. The smallest absolute Gasteiger partial charge is 0.110 e. The third kappa shape index (κ3) is 2.19. The Bertz CT molecular complexity index is 632. The van der Waals surface area contributed by atoms with Gasteiger partial charge in [-0.05, 0) is 25.1 Å². The van der Waals surface area contributed by atoms with Crippen LogP contribution in [0.2, 0.25) is 0 Å². The first-order valence-corrected chi connectivity index (χ1v) is 6.80. The van der Waals surface area contributed by atoms with Crippen molar-refractivity contribution in [3.63, 3.8) is 0 Å². The van der Waals surface area contributed by atoms with Gasteiger partial charge in [-0.2, -0.15) is 0 Å². The van der Waals surface area contributed by atoms with Crippen molar-refractivity contribution < 1.29 is 9.84 Å². The molecule has 2 unspecified atom stereocenters. The van der Waals surface area contributed by atoms with Crippen LogP contribution in [0, 0.1) is 0 Å². The minimum atomic E-state index is -0.823. The van der Waals surface area contributed by atoms with Gasteiger partial charge >= 0.3 is 0 Å². The molecule has 2 aromatic rings. The number of aromatic nitrogens is 1. The van der Waals surface area contributed by atoms with Gasteiger partial charge in [0.05, 0.1) is 6.10 Å². The molecule has 4 N–H and O–H groups in total. The molecule has 0 bridgehead atoms. The molecule has 0 spiro atoms. The Morgan fingerprint density at radius 1 is 1.45 bits per heavy atom. The number of pyridine rings is 1. The molecule has 1 aromatic carbocycles. The van der Waals surface area contributed by atoms with Crippen molar-refractivity contribution in [2.24, 2.45) is 0 Å². The average Bonchev–Trinajstić information content (AvgIpc) is 2.79. The second-order valence-electron chi connectivity index (χ2n) is 5.34. The molecular formula is C15H19N3O2. The van der Waals surface area contributed by atoms with Crippen LogP contribution in [0.25, 0.3) is 10.8 Å². The molecule has 2 heterocycles. The average molecular weight is 273 g/mol. The predicted octanol–water partition coefficient (Wildman–Crippen LogP) is 1.77. The Morgan fingerprint density at radius 3 is 3.05 bits per heavy atom. The molecule has 1 saturated heterocycles. The van der Waals surface area contributed by atoms with E-state index >= 15 is 0 Å². The molecular weight excluding hydrogens is 254 g/mol. The maximum atomic E-state index is 10.5. The lowest BCUT2D eigenvalue weighted by Gasteiger charge is -2.27. The number of ether oxygens (including phenoxy) is 1. The van der Waals surface area contributed by atoms with E-state index in [2.05, 4.69) is 10.3 Å². The molecule has 5 heteroatoms. The Hall–Kier alpha value is -1.85. The topological polar surface area (TPSA) is 80.4 Å². The van der Waals surface area contributed by atoms with Crippen LogP contribution in [0.1, 0.15) is 13.3 Å². The molecule has 1 aromatic heterocycles. The van der Waals surface area contributed by atoms with Crippen molar-refractivity contribution in [1.29, 1.82) is 0 Å². The molecule has 1 aliphatic rings. The van der Waals surface area contributed by atoms with Crippen molar-refractivity contribution in [1.82, 2.24) is 4.98 Å². The highest BCUT2D eigenvalue weighted by atomic mass is 16.5. The van der Waals surface area contributed by atoms with Crippen molar-refractivity contribution in [3.05, 3.63) is 30.6 Å². The zero-order valence-electron chi connectivity index (χ0n) is 11.5. The van der Waals surface area contributed by atoms with Gasteiger partial charge in [0.25, 0.3) is 0 Å². The summed E-state index contributed by atoms with van der Waals surface area (Å²) in [5, 5.41) is 15.7. The number of hydrogen-bond donors (Lipinski definition) is 3. The standard InChI is InChI=1S/C15H19N3O2/c1-10-15(19,5-7-20-10)9-18-14-3-2-13(16)11-4-6-17-8-12(11)14/h2-4,6,8,10,18-19H,5,7,9,16H2,1H3. The van der Waals surface area contributed by atoms with Crippen LogP contribution in [0.15, 0.2) is 30.6 Å². The first kappa shape index (κ1) is 13.1. The number of anilines is 2. The molecule has 0 amide bonds. The summed E-state index contributed by atoms with van der Waals surface area (Å²) in [5.41, 5.74) is 6.79. The largest absolute Gasteiger partial charge is 0.398 e. The van der Waals surface area contributed by atoms with E-state index in [1.54, 1.807) is 12.4 Å². The van der Waals surface area contributed by atoms with Gasteiger partial charge < -0.3 is 20.9 Å². The van der Waals surface area contributed by atoms with Gasteiger partial charge in [0, 0.05) is 54.1 Å². The van der Waals surface area contributed by atoms with Gasteiger partial charge in [-0.15, -0.1) is 0 Å². The fourth-order valence-corrected chi connectivity index (χ4v) is 2.62. The normalized spacial score (nSPS) is 26.0. The Balaban J connectivity index is 1.87. The molecule has 5 nitrogen and oxygen atoms in total. The van der Waals surface area contributed by atoms with E-state index in [0.717, 1.165) is 22.1 Å². The fraction of sp³-hybridized carbons (Fsp3) is 0.400. The quantitative estimate of drug-likeness (QED) is 0.743. The van der Waals surface area contributed by atoms with Crippen LogP contribution in [0.5, 0.6) is 0 Å². The van der Waals surface area contributed by atoms with Gasteiger partial charge in [0.15, 0.2) is 0 Å². The van der Waals surface area contributed by atoms with E-state index in [0.29, 0.717) is 19.6 Å². The van der Waals surface area contributed by atoms with E-state index in [-0.39, 0.29) is 6.10 Å². The predicted molar refractivity (Wildman–Crippen MR) is 79.6 cm³/mol. The van der Waals surface area contributed by atoms with Crippen molar-refractivity contribution in [3.8, 4) is 0 Å². The number of fused-ring (bicyclic) bond motifs is 1. The number of rotatable bonds is 3. The molecule has 0 saturated carbocycles. The number of hydrogen-bond acceptors (Lipinski definition) is 5. The lowest BCUT2D eigenvalue weighted by atomic mass is 9.96. The molecule has 2 atom stereocenters. The summed E-state index contributed by atoms with van der Waals surface area (Å²) in [6.07, 6.45) is 4.00. The van der Waals surface area contributed by atoms with Gasteiger partial charge in [-0.25, -0.2) is 0 Å². The molecule has 0 radical (unpaired) electrons. The highest BCUT2D eigenvalue weighted by Gasteiger charge is 2.39. The fourth-order valence-electron chi connectivity index (χ4n) is 2.62. The van der Waals surface area contributed by atoms with E-state index in [1.165, 1.54) is 0 Å². The highest BCUT2D eigenvalue weighted by molar-refractivity contribution is 6.00. The van der Waals surface area contributed by atoms with Crippen LogP contribution in [-0.2, 0) is 4.74 Å². The number of nitrogen functional groups attached to an aromatic ring is 1. The van der Waals surface area contributed by atoms with Gasteiger partial charge in [-0.1, -0.05) is 0 Å². The molecule has 3 rings (SSSR count). The molecule has 1 aliphatic heterocycles. The Labute approximate surface area is 117 Å². The van der Waals surface area contributed by atoms with E-state index in [1.807, 2.05) is 25.1 Å². The summed E-state index contributed by atoms with van der Waals surface area (Å²) in [6, 6.07) is 5.68. The Kier molecular flexibility index (Phi) is 3.23. The first-order chi connectivity index (χ1) is 9.60. The van der Waals surface area contributed by atoms with Crippen LogP contribution in [0.4, 0.5) is 11.4 Å². The molecule has 1 fully saturated rings. The van der Waals surface area contributed by atoms with Gasteiger partial charge in [0.1, 0.15) is 5.60 Å². The first-order valence-electron chi connectivity index (χ1n) is 6.80. The third-order valence-corrected chi connectivity index (χ3v) is 4.10. The summed E-state index contributed by atoms with van der Waals surface area (Å²) in [6.45, 7) is 2.95. The second-order valence-corrected chi connectivity index (χ2v) is 5.34. The summed E-state index contributed by atoms with van der Waals surface area (Å²) in [7, 11) is 0. The SMILES string of the molecule is CC1OCCC1(O)CNc1ccc(N)c2ccncc12. The lowest BCUT2D eigenvalue weighted by Crippen LogP contribution is -2.43. The van der Waals surface area contributed by atoms with Crippen molar-refractivity contribution in [2.75, 3.05) is 24.2 Å². The number of nitrogens with zero attached hydrogens (tertiary/aromatic N) is 1. The van der Waals surface area contributed by atoms with E-state index < -0.39 is 5.60 Å². The minimum Gasteiger partial charge on any atom is -0.398 e. The molecule has 0 aliphatic carbocycles. The van der Waals surface area contributed by atoms with Crippen LogP contribution in [-0.4, -0.2) is 34.9 Å². The van der Waals surface area contributed by atoms with Gasteiger partial charge in [-0.3, -0.25) is 4.98 Å². The number of nitrogens with one attached hydrogen (secondary N) is 1. The highest BCUT2D eigenvalue weighted by Crippen LogP contribution is 2.30. The van der Waals surface area contributed by atoms with Crippen LogP contribution < -0.4 is 11.1 Å². The third-order valence-electron chi connectivity index (χ3n) is 4.10. The van der Waals surface area contributed by atoms with Crippen molar-refractivity contribution in [2.45, 2.75) is 25.0 Å². The summed E-state index contributed by atoms with van der Waals surface area (Å²) >= 11 is 0. The monoisotopic (exact) mass is 273 g/mol. The molecule has 106 valence electrons. The van der Waals surface area contributed by atoms with Crippen LogP contribution >= 0.6 is 0 Å². The maximum Gasteiger partial charge on any atom is 0.110 e. The van der Waals surface area contributed by atoms with Crippen molar-refractivity contribution >= 4 is 22.1 Å². The van der Waals surface area contributed by atoms with E-state index in [9.17, 15) is 5.11 Å². The zero-order valence-corrected chi connectivity index (χ0v) is 11.5. The number of nitrogens with two attached hydrogens (primary N) is 1. The second kappa shape index (κ2) is 4.92. The number of aliphatic hydroxyl groups is 1.